The minimum atomic E-state index is 0.646. The Morgan fingerprint density at radius 2 is 2.00 bits per heavy atom. The third kappa shape index (κ3) is 3.45. The Morgan fingerprint density at radius 1 is 1.31 bits per heavy atom. The van der Waals surface area contributed by atoms with Crippen LogP contribution in [-0.2, 0) is 6.42 Å². The predicted molar refractivity (Wildman–Crippen MR) is 58.7 cm³/mol. The Bertz CT molecular complexity index is 235. The predicted octanol–water partition coefficient (Wildman–Crippen LogP) is 3.83. The molecule has 1 unspecified atom stereocenters. The lowest BCUT2D eigenvalue weighted by Gasteiger charge is -2.10. The molecule has 0 spiro atoms. The topological polar surface area (TPSA) is 0 Å². The summed E-state index contributed by atoms with van der Waals surface area (Å²) in [6, 6.07) is 10.6. The van der Waals surface area contributed by atoms with E-state index >= 15 is 0 Å². The van der Waals surface area contributed by atoms with Crippen LogP contribution in [0.2, 0.25) is 0 Å². The second kappa shape index (κ2) is 5.58. The molecule has 13 heavy (non-hydrogen) atoms. The van der Waals surface area contributed by atoms with E-state index < -0.39 is 0 Å². The summed E-state index contributed by atoms with van der Waals surface area (Å²) in [6.07, 6.45) is 5.70. The lowest BCUT2D eigenvalue weighted by molar-refractivity contribution is 0.579. The highest BCUT2D eigenvalue weighted by Gasteiger charge is 2.03. The maximum absolute atomic E-state index is 3.88. The van der Waals surface area contributed by atoms with Crippen LogP contribution in [0.3, 0.4) is 0 Å². The van der Waals surface area contributed by atoms with E-state index in [0.29, 0.717) is 5.92 Å². The van der Waals surface area contributed by atoms with Gasteiger partial charge < -0.3 is 0 Å². The highest BCUT2D eigenvalue weighted by molar-refractivity contribution is 5.16. The van der Waals surface area contributed by atoms with Gasteiger partial charge in [-0.3, -0.25) is 0 Å². The average molecular weight is 174 g/mol. The van der Waals surface area contributed by atoms with Gasteiger partial charge in [-0.2, -0.15) is 0 Å². The molecule has 1 rings (SSSR count). The van der Waals surface area contributed by atoms with E-state index in [1.165, 1.54) is 18.4 Å². The quantitative estimate of drug-likeness (QED) is 0.595. The van der Waals surface area contributed by atoms with E-state index in [0.717, 1.165) is 6.42 Å². The van der Waals surface area contributed by atoms with E-state index in [9.17, 15) is 0 Å². The van der Waals surface area contributed by atoms with Gasteiger partial charge in [0, 0.05) is 0 Å². The van der Waals surface area contributed by atoms with Crippen LogP contribution in [0.25, 0.3) is 0 Å². The van der Waals surface area contributed by atoms with Crippen molar-refractivity contribution >= 4 is 0 Å². The van der Waals surface area contributed by atoms with E-state index in [-0.39, 0.29) is 0 Å². The third-order valence-electron chi connectivity index (χ3n) is 2.33. The fourth-order valence-corrected chi connectivity index (χ4v) is 1.59. The normalized spacial score (nSPS) is 12.4. The van der Waals surface area contributed by atoms with Crippen LogP contribution in [0.5, 0.6) is 0 Å². The van der Waals surface area contributed by atoms with Gasteiger partial charge in [-0.1, -0.05) is 49.8 Å². The summed E-state index contributed by atoms with van der Waals surface area (Å²) < 4.78 is 0. The molecule has 70 valence electrons. The highest BCUT2D eigenvalue weighted by atomic mass is 14.1. The zero-order chi connectivity index (χ0) is 9.52. The summed E-state index contributed by atoms with van der Waals surface area (Å²) in [5, 5.41) is 0. The molecule has 0 fully saturated rings. The first-order chi connectivity index (χ1) is 6.36. The SMILES string of the molecule is C=CC(CCC)Cc1ccccc1. The van der Waals surface area contributed by atoms with E-state index in [1.54, 1.807) is 0 Å². The first-order valence-electron chi connectivity index (χ1n) is 5.03. The number of hydrogen-bond acceptors (Lipinski definition) is 0. The largest absolute Gasteiger partial charge is 0.103 e. The molecule has 0 nitrogen and oxygen atoms in total. The lowest BCUT2D eigenvalue weighted by Crippen LogP contribution is -2.00. The molecule has 0 heteroatoms. The van der Waals surface area contributed by atoms with Crippen molar-refractivity contribution in [3.8, 4) is 0 Å². The third-order valence-corrected chi connectivity index (χ3v) is 2.33. The van der Waals surface area contributed by atoms with Crippen LogP contribution >= 0.6 is 0 Å². The van der Waals surface area contributed by atoms with Crippen LogP contribution in [0.15, 0.2) is 43.0 Å². The highest BCUT2D eigenvalue weighted by Crippen LogP contribution is 2.14. The fraction of sp³-hybridized carbons (Fsp3) is 0.385. The summed E-state index contributed by atoms with van der Waals surface area (Å²) in [5.74, 6) is 0.646. The van der Waals surface area contributed by atoms with E-state index in [1.807, 2.05) is 0 Å². The van der Waals surface area contributed by atoms with Gasteiger partial charge in [0.15, 0.2) is 0 Å². The van der Waals surface area contributed by atoms with E-state index in [4.69, 9.17) is 0 Å². The van der Waals surface area contributed by atoms with Crippen molar-refractivity contribution < 1.29 is 0 Å². The smallest absolute Gasteiger partial charge is 0.0196 e. The molecular weight excluding hydrogens is 156 g/mol. The maximum atomic E-state index is 3.88. The molecule has 0 radical (unpaired) electrons. The molecule has 0 bridgehead atoms. The van der Waals surface area contributed by atoms with Crippen molar-refractivity contribution in [2.45, 2.75) is 26.2 Å². The van der Waals surface area contributed by atoms with Crippen molar-refractivity contribution in [2.24, 2.45) is 5.92 Å². The summed E-state index contributed by atoms with van der Waals surface area (Å²) in [7, 11) is 0. The fourth-order valence-electron chi connectivity index (χ4n) is 1.59. The summed E-state index contributed by atoms with van der Waals surface area (Å²) in [6.45, 7) is 6.10. The second-order valence-electron chi connectivity index (χ2n) is 3.47. The molecule has 0 aliphatic heterocycles. The van der Waals surface area contributed by atoms with Gasteiger partial charge in [-0.05, 0) is 24.3 Å². The van der Waals surface area contributed by atoms with Gasteiger partial charge in [0.25, 0.3) is 0 Å². The first kappa shape index (κ1) is 10.0. The van der Waals surface area contributed by atoms with Gasteiger partial charge in [0.05, 0.1) is 0 Å². The van der Waals surface area contributed by atoms with Gasteiger partial charge in [-0.15, -0.1) is 6.58 Å². The zero-order valence-electron chi connectivity index (χ0n) is 8.37. The van der Waals surface area contributed by atoms with Crippen LogP contribution in [0, 0.1) is 5.92 Å². The van der Waals surface area contributed by atoms with Crippen LogP contribution in [-0.4, -0.2) is 0 Å². The molecule has 0 saturated heterocycles. The lowest BCUT2D eigenvalue weighted by atomic mass is 9.95. The maximum Gasteiger partial charge on any atom is -0.0196 e. The molecule has 1 aromatic rings. The number of benzene rings is 1. The van der Waals surface area contributed by atoms with Crippen molar-refractivity contribution in [1.82, 2.24) is 0 Å². The zero-order valence-corrected chi connectivity index (χ0v) is 8.37. The molecule has 0 aromatic heterocycles. The van der Waals surface area contributed by atoms with E-state index in [2.05, 4.69) is 49.9 Å². The minimum Gasteiger partial charge on any atom is -0.103 e. The Kier molecular flexibility index (Phi) is 4.31. The van der Waals surface area contributed by atoms with Gasteiger partial charge in [0.1, 0.15) is 0 Å². The standard InChI is InChI=1S/C13H18/c1-3-8-12(4-2)11-13-9-6-5-7-10-13/h4-7,9-10,12H,2-3,8,11H2,1H3. The Labute approximate surface area is 81.3 Å². The summed E-state index contributed by atoms with van der Waals surface area (Å²) in [4.78, 5) is 0. The molecular formula is C13H18. The monoisotopic (exact) mass is 174 g/mol. The van der Waals surface area contributed by atoms with Crippen LogP contribution in [0.1, 0.15) is 25.3 Å². The van der Waals surface area contributed by atoms with Crippen molar-refractivity contribution in [1.29, 1.82) is 0 Å². The Morgan fingerprint density at radius 3 is 2.54 bits per heavy atom. The molecule has 1 aromatic carbocycles. The van der Waals surface area contributed by atoms with Gasteiger partial charge in [-0.25, -0.2) is 0 Å². The summed E-state index contributed by atoms with van der Waals surface area (Å²) in [5.41, 5.74) is 1.42. The minimum absolute atomic E-state index is 0.646. The first-order valence-corrected chi connectivity index (χ1v) is 5.03. The van der Waals surface area contributed by atoms with Crippen molar-refractivity contribution in [3.63, 3.8) is 0 Å². The Hall–Kier alpha value is -1.04. The Balaban J connectivity index is 2.51. The molecule has 0 saturated carbocycles. The molecule has 0 N–H and O–H groups in total. The van der Waals surface area contributed by atoms with Crippen LogP contribution < -0.4 is 0 Å². The molecule has 0 aliphatic carbocycles. The molecule has 0 aliphatic rings. The molecule has 0 amide bonds. The van der Waals surface area contributed by atoms with Gasteiger partial charge >= 0.3 is 0 Å². The van der Waals surface area contributed by atoms with Crippen molar-refractivity contribution in [2.75, 3.05) is 0 Å². The number of allylic oxidation sites excluding steroid dienone is 1. The average Bonchev–Trinajstić information content (AvgIpc) is 2.19. The second-order valence-corrected chi connectivity index (χ2v) is 3.47. The molecule has 1 atom stereocenters. The summed E-state index contributed by atoms with van der Waals surface area (Å²) >= 11 is 0. The number of hydrogen-bond donors (Lipinski definition) is 0. The molecule has 0 heterocycles. The van der Waals surface area contributed by atoms with Crippen LogP contribution in [0.4, 0.5) is 0 Å². The van der Waals surface area contributed by atoms with Gasteiger partial charge in [0.2, 0.25) is 0 Å². The van der Waals surface area contributed by atoms with Crippen molar-refractivity contribution in [3.05, 3.63) is 48.6 Å². The number of rotatable bonds is 5.